The fraction of sp³-hybridized carbons (Fsp3) is 0.545. The Kier molecular flexibility index (Phi) is 5.31. The number of carbonyl (C=O) groups excluding carboxylic acids is 1. The first-order chi connectivity index (χ1) is 8.54. The van der Waals surface area contributed by atoms with Gasteiger partial charge in [0.25, 0.3) is 5.56 Å². The molecule has 5 N–H and O–H groups in total. The van der Waals surface area contributed by atoms with Crippen LogP contribution in [0.5, 0.6) is 0 Å². The van der Waals surface area contributed by atoms with Gasteiger partial charge in [0.05, 0.1) is 11.6 Å². The molecule has 18 heavy (non-hydrogen) atoms. The molecule has 0 aliphatic carbocycles. The van der Waals surface area contributed by atoms with Crippen molar-refractivity contribution in [1.29, 1.82) is 0 Å². The maximum atomic E-state index is 11.6. The molecule has 0 saturated heterocycles. The highest BCUT2D eigenvalue weighted by molar-refractivity contribution is 5.81. The average molecular weight is 254 g/mol. The van der Waals surface area contributed by atoms with E-state index in [0.29, 0.717) is 6.42 Å². The highest BCUT2D eigenvalue weighted by atomic mass is 16.2. The molecule has 1 heterocycles. The maximum Gasteiger partial charge on any atom is 0.325 e. The number of amides is 1. The first-order valence-electron chi connectivity index (χ1n) is 5.88. The van der Waals surface area contributed by atoms with Gasteiger partial charge in [-0.3, -0.25) is 14.6 Å². The van der Waals surface area contributed by atoms with Gasteiger partial charge in [0.2, 0.25) is 5.91 Å². The van der Waals surface area contributed by atoms with E-state index in [1.54, 1.807) is 0 Å². The number of H-pyrrole nitrogens is 2. The number of rotatable bonds is 6. The number of unbranched alkanes of at least 4 members (excludes halogenated alkanes) is 1. The van der Waals surface area contributed by atoms with Crippen molar-refractivity contribution in [2.75, 3.05) is 0 Å². The molecule has 1 atom stereocenters. The van der Waals surface area contributed by atoms with E-state index in [1.807, 2.05) is 6.92 Å². The molecule has 0 fully saturated rings. The Labute approximate surface area is 104 Å². The molecule has 0 spiro atoms. The topological polar surface area (TPSA) is 121 Å². The van der Waals surface area contributed by atoms with Gasteiger partial charge in [-0.1, -0.05) is 19.8 Å². The Balaban J connectivity index is 2.52. The largest absolute Gasteiger partial charge is 0.350 e. The standard InChI is InChI=1S/C11H18N4O3/c1-2-3-4-8(12)10(17)13-5-7-6-14-11(18)15-9(7)16/h6,8H,2-5,12H2,1H3,(H,13,17)(H2,14,15,16,18)/t8-/m0/s1. The van der Waals surface area contributed by atoms with Crippen LogP contribution >= 0.6 is 0 Å². The molecular formula is C11H18N4O3. The van der Waals surface area contributed by atoms with Gasteiger partial charge in [-0.25, -0.2) is 4.79 Å². The zero-order valence-electron chi connectivity index (χ0n) is 10.3. The molecule has 1 aromatic rings. The van der Waals surface area contributed by atoms with Crippen LogP contribution in [0.1, 0.15) is 31.7 Å². The second kappa shape index (κ2) is 6.75. The van der Waals surface area contributed by atoms with Crippen LogP contribution in [0, 0.1) is 0 Å². The molecule has 100 valence electrons. The lowest BCUT2D eigenvalue weighted by Crippen LogP contribution is -2.41. The zero-order chi connectivity index (χ0) is 13.5. The molecule has 0 bridgehead atoms. The summed E-state index contributed by atoms with van der Waals surface area (Å²) in [5.41, 5.74) is 4.87. The van der Waals surface area contributed by atoms with Crippen LogP contribution in [0.4, 0.5) is 0 Å². The van der Waals surface area contributed by atoms with Crippen molar-refractivity contribution in [2.24, 2.45) is 5.73 Å². The Hall–Kier alpha value is -1.89. The van der Waals surface area contributed by atoms with Gasteiger partial charge in [-0.2, -0.15) is 0 Å². The van der Waals surface area contributed by atoms with Crippen molar-refractivity contribution in [2.45, 2.75) is 38.8 Å². The minimum absolute atomic E-state index is 0.0464. The van der Waals surface area contributed by atoms with Crippen molar-refractivity contribution in [3.63, 3.8) is 0 Å². The molecule has 1 rings (SSSR count). The van der Waals surface area contributed by atoms with E-state index < -0.39 is 17.3 Å². The summed E-state index contributed by atoms with van der Waals surface area (Å²) >= 11 is 0. The lowest BCUT2D eigenvalue weighted by atomic mass is 10.1. The van der Waals surface area contributed by atoms with Gasteiger partial charge in [0, 0.05) is 12.7 Å². The van der Waals surface area contributed by atoms with E-state index >= 15 is 0 Å². The minimum atomic E-state index is -0.574. The van der Waals surface area contributed by atoms with E-state index in [2.05, 4.69) is 15.3 Å². The van der Waals surface area contributed by atoms with Gasteiger partial charge < -0.3 is 16.0 Å². The maximum absolute atomic E-state index is 11.6. The summed E-state index contributed by atoms with van der Waals surface area (Å²) < 4.78 is 0. The molecule has 0 unspecified atom stereocenters. The second-order valence-corrected chi connectivity index (χ2v) is 4.06. The molecule has 1 amide bonds. The number of carbonyl (C=O) groups is 1. The molecule has 7 heteroatoms. The average Bonchev–Trinajstić information content (AvgIpc) is 2.34. The van der Waals surface area contributed by atoms with Crippen LogP contribution in [-0.2, 0) is 11.3 Å². The van der Waals surface area contributed by atoms with Crippen LogP contribution in [0.25, 0.3) is 0 Å². The monoisotopic (exact) mass is 254 g/mol. The summed E-state index contributed by atoms with van der Waals surface area (Å²) in [6.07, 6.45) is 3.75. The van der Waals surface area contributed by atoms with Crippen molar-refractivity contribution >= 4 is 5.91 Å². The molecule has 0 aromatic carbocycles. The summed E-state index contributed by atoms with van der Waals surface area (Å²) in [7, 11) is 0. The summed E-state index contributed by atoms with van der Waals surface area (Å²) in [5, 5.41) is 2.56. The van der Waals surface area contributed by atoms with Crippen LogP contribution in [-0.4, -0.2) is 21.9 Å². The minimum Gasteiger partial charge on any atom is -0.350 e. The molecule has 1 aromatic heterocycles. The van der Waals surface area contributed by atoms with E-state index in [0.717, 1.165) is 12.8 Å². The number of aromatic amines is 2. The van der Waals surface area contributed by atoms with Gasteiger partial charge >= 0.3 is 5.69 Å². The Bertz CT molecular complexity index is 506. The molecular weight excluding hydrogens is 236 g/mol. The number of hydrogen-bond acceptors (Lipinski definition) is 4. The third-order valence-corrected chi connectivity index (χ3v) is 2.55. The van der Waals surface area contributed by atoms with Crippen molar-refractivity contribution in [3.8, 4) is 0 Å². The lowest BCUT2D eigenvalue weighted by Gasteiger charge is -2.11. The van der Waals surface area contributed by atoms with Crippen molar-refractivity contribution in [3.05, 3.63) is 32.6 Å². The second-order valence-electron chi connectivity index (χ2n) is 4.06. The van der Waals surface area contributed by atoms with Crippen LogP contribution < -0.4 is 22.3 Å². The van der Waals surface area contributed by atoms with Gasteiger partial charge in [0.1, 0.15) is 0 Å². The predicted octanol–water partition coefficient (Wildman–Crippen LogP) is -0.803. The van der Waals surface area contributed by atoms with Gasteiger partial charge in [-0.15, -0.1) is 0 Å². The molecule has 0 aliphatic heterocycles. The fourth-order valence-corrected chi connectivity index (χ4v) is 1.44. The third kappa shape index (κ3) is 4.17. The first kappa shape index (κ1) is 14.2. The van der Waals surface area contributed by atoms with E-state index in [1.165, 1.54) is 6.20 Å². The quantitative estimate of drug-likeness (QED) is 0.531. The van der Waals surface area contributed by atoms with Crippen LogP contribution in [0.15, 0.2) is 15.8 Å². The Morgan fingerprint density at radius 3 is 2.83 bits per heavy atom. The van der Waals surface area contributed by atoms with Crippen molar-refractivity contribution in [1.82, 2.24) is 15.3 Å². The summed E-state index contributed by atoms with van der Waals surface area (Å²) in [6, 6.07) is -0.563. The molecule has 7 nitrogen and oxygen atoms in total. The highest BCUT2D eigenvalue weighted by Gasteiger charge is 2.12. The smallest absolute Gasteiger partial charge is 0.325 e. The molecule has 0 aliphatic rings. The number of aromatic nitrogens is 2. The summed E-state index contributed by atoms with van der Waals surface area (Å²) in [4.78, 5) is 38.1. The first-order valence-corrected chi connectivity index (χ1v) is 5.88. The lowest BCUT2D eigenvalue weighted by molar-refractivity contribution is -0.122. The Morgan fingerprint density at radius 1 is 1.50 bits per heavy atom. The molecule has 0 saturated carbocycles. The van der Waals surface area contributed by atoms with E-state index in [9.17, 15) is 14.4 Å². The normalized spacial score (nSPS) is 12.1. The molecule has 0 radical (unpaired) electrons. The number of nitrogens with one attached hydrogen (secondary N) is 3. The zero-order valence-corrected chi connectivity index (χ0v) is 10.3. The summed E-state index contributed by atoms with van der Waals surface area (Å²) in [6.45, 7) is 2.06. The van der Waals surface area contributed by atoms with Crippen LogP contribution in [0.2, 0.25) is 0 Å². The fourth-order valence-electron chi connectivity index (χ4n) is 1.44. The van der Waals surface area contributed by atoms with E-state index in [-0.39, 0.29) is 18.0 Å². The SMILES string of the molecule is CCCC[C@H](N)C(=O)NCc1c[nH]c(=O)[nH]c1=O. The predicted molar refractivity (Wildman–Crippen MR) is 67.0 cm³/mol. The number of hydrogen-bond donors (Lipinski definition) is 4. The van der Waals surface area contributed by atoms with Crippen LogP contribution in [0.3, 0.4) is 0 Å². The van der Waals surface area contributed by atoms with E-state index in [4.69, 9.17) is 5.73 Å². The van der Waals surface area contributed by atoms with Gasteiger partial charge in [-0.05, 0) is 6.42 Å². The summed E-state index contributed by atoms with van der Waals surface area (Å²) in [5.74, 6) is -0.297. The van der Waals surface area contributed by atoms with Crippen molar-refractivity contribution < 1.29 is 4.79 Å². The van der Waals surface area contributed by atoms with Gasteiger partial charge in [0.15, 0.2) is 0 Å². The highest BCUT2D eigenvalue weighted by Crippen LogP contribution is 1.98. The number of nitrogens with two attached hydrogens (primary N) is 1. The Morgan fingerprint density at radius 2 is 2.22 bits per heavy atom. The third-order valence-electron chi connectivity index (χ3n) is 2.55.